The van der Waals surface area contributed by atoms with Gasteiger partial charge in [-0.15, -0.1) is 11.3 Å². The maximum atomic E-state index is 12.5. The summed E-state index contributed by atoms with van der Waals surface area (Å²) in [5, 5.41) is 9.53. The second-order valence-corrected chi connectivity index (χ2v) is 9.21. The number of fused-ring (bicyclic) bond motifs is 1. The average molecular weight is 398 g/mol. The molecule has 0 aromatic carbocycles. The van der Waals surface area contributed by atoms with Gasteiger partial charge < -0.3 is 5.32 Å². The fourth-order valence-electron chi connectivity index (χ4n) is 3.37. The van der Waals surface area contributed by atoms with Gasteiger partial charge in [0.05, 0.1) is 10.6 Å². The molecule has 0 radical (unpaired) electrons. The summed E-state index contributed by atoms with van der Waals surface area (Å²) in [5.41, 5.74) is 2.04. The molecule has 146 valence electrons. The molecule has 0 atom stereocenters. The zero-order valence-corrected chi connectivity index (χ0v) is 17.0. The minimum absolute atomic E-state index is 0.102. The lowest BCUT2D eigenvalue weighted by Gasteiger charge is -2.17. The molecule has 1 aliphatic rings. The van der Waals surface area contributed by atoms with Crippen LogP contribution in [0.15, 0.2) is 28.4 Å². The van der Waals surface area contributed by atoms with Crippen molar-refractivity contribution in [3.63, 3.8) is 0 Å². The molecule has 0 bridgehead atoms. The largest absolute Gasteiger partial charge is 0.310 e. The maximum Gasteiger partial charge on any atom is 0.255 e. The molecule has 0 saturated carbocycles. The van der Waals surface area contributed by atoms with Crippen LogP contribution in [-0.2, 0) is 17.6 Å². The van der Waals surface area contributed by atoms with Crippen LogP contribution in [0, 0.1) is 5.41 Å². The van der Waals surface area contributed by atoms with Crippen LogP contribution in [0.1, 0.15) is 44.9 Å². The van der Waals surface area contributed by atoms with Crippen LogP contribution in [0.5, 0.6) is 0 Å². The Morgan fingerprint density at radius 3 is 2.89 bits per heavy atom. The van der Waals surface area contributed by atoms with Crippen molar-refractivity contribution in [2.75, 3.05) is 5.32 Å². The number of amides is 1. The van der Waals surface area contributed by atoms with Crippen molar-refractivity contribution in [3.8, 4) is 16.5 Å². The van der Waals surface area contributed by atoms with Crippen LogP contribution in [0.2, 0.25) is 0 Å². The van der Waals surface area contributed by atoms with Crippen molar-refractivity contribution in [1.29, 1.82) is 0 Å². The summed E-state index contributed by atoms with van der Waals surface area (Å²) >= 11 is 1.56. The zero-order valence-electron chi connectivity index (χ0n) is 16.2. The summed E-state index contributed by atoms with van der Waals surface area (Å²) in [6, 6.07) is 5.74. The highest BCUT2D eigenvalue weighted by Crippen LogP contribution is 2.28. The maximum absolute atomic E-state index is 12.5. The number of rotatable bonds is 4. The number of hydrogen-bond donors (Lipinski definition) is 2. The van der Waals surface area contributed by atoms with Crippen molar-refractivity contribution in [1.82, 2.24) is 19.7 Å². The van der Waals surface area contributed by atoms with Gasteiger partial charge in [0.2, 0.25) is 11.9 Å². The summed E-state index contributed by atoms with van der Waals surface area (Å²) in [7, 11) is 0. The van der Waals surface area contributed by atoms with E-state index in [4.69, 9.17) is 0 Å². The third-order valence-corrected chi connectivity index (χ3v) is 5.46. The van der Waals surface area contributed by atoms with Crippen LogP contribution < -0.4 is 10.9 Å². The first-order chi connectivity index (χ1) is 13.3. The zero-order chi connectivity index (χ0) is 19.9. The number of carbonyl (C=O) groups is 1. The second-order valence-electron chi connectivity index (χ2n) is 8.26. The van der Waals surface area contributed by atoms with E-state index >= 15 is 0 Å². The normalized spacial score (nSPS) is 13.5. The fourth-order valence-corrected chi connectivity index (χ4v) is 4.06. The molecule has 2 N–H and O–H groups in total. The molecule has 0 aliphatic heterocycles. The van der Waals surface area contributed by atoms with Crippen LogP contribution >= 0.6 is 11.3 Å². The van der Waals surface area contributed by atoms with Crippen molar-refractivity contribution in [2.24, 2.45) is 5.41 Å². The first-order valence-corrected chi connectivity index (χ1v) is 10.2. The predicted molar refractivity (Wildman–Crippen MR) is 110 cm³/mol. The topological polar surface area (TPSA) is 92.7 Å². The van der Waals surface area contributed by atoms with Gasteiger partial charge in [-0.2, -0.15) is 9.78 Å². The molecular weight excluding hydrogens is 374 g/mol. The summed E-state index contributed by atoms with van der Waals surface area (Å²) in [6.45, 7) is 6.04. The first-order valence-electron chi connectivity index (χ1n) is 9.36. The van der Waals surface area contributed by atoms with Gasteiger partial charge in [0, 0.05) is 18.1 Å². The van der Waals surface area contributed by atoms with E-state index in [1.807, 2.05) is 44.4 Å². The molecule has 7 nitrogen and oxygen atoms in total. The molecule has 0 fully saturated rings. The molecule has 8 heteroatoms. The summed E-state index contributed by atoms with van der Waals surface area (Å²) in [4.78, 5) is 33.4. The minimum Gasteiger partial charge on any atom is -0.310 e. The van der Waals surface area contributed by atoms with Crippen LogP contribution in [0.3, 0.4) is 0 Å². The number of thiophene rings is 1. The third kappa shape index (κ3) is 3.77. The van der Waals surface area contributed by atoms with Crippen molar-refractivity contribution in [3.05, 3.63) is 45.2 Å². The van der Waals surface area contributed by atoms with E-state index in [-0.39, 0.29) is 16.9 Å². The highest BCUT2D eigenvalue weighted by molar-refractivity contribution is 7.13. The fraction of sp³-hybridized carbons (Fsp3) is 0.400. The quantitative estimate of drug-likeness (QED) is 0.704. The highest BCUT2D eigenvalue weighted by atomic mass is 32.1. The highest BCUT2D eigenvalue weighted by Gasteiger charge is 2.22. The Bertz CT molecular complexity index is 1070. The molecule has 0 spiro atoms. The Hall–Kier alpha value is -2.74. The number of aromatic nitrogens is 4. The van der Waals surface area contributed by atoms with Crippen molar-refractivity contribution < 1.29 is 4.79 Å². The minimum atomic E-state index is -0.133. The number of anilines is 1. The van der Waals surface area contributed by atoms with E-state index in [2.05, 4.69) is 20.4 Å². The van der Waals surface area contributed by atoms with Gasteiger partial charge in [0.15, 0.2) is 0 Å². The van der Waals surface area contributed by atoms with Crippen LogP contribution in [0.25, 0.3) is 16.5 Å². The summed E-state index contributed by atoms with van der Waals surface area (Å²) < 4.78 is 1.52. The molecule has 1 amide bonds. The second kappa shape index (κ2) is 7.01. The number of aryl methyl sites for hydroxylation is 1. The molecule has 4 rings (SSSR count). The van der Waals surface area contributed by atoms with Crippen molar-refractivity contribution >= 4 is 23.1 Å². The lowest BCUT2D eigenvalue weighted by atomic mass is 9.92. The van der Waals surface area contributed by atoms with E-state index < -0.39 is 0 Å². The Balaban J connectivity index is 1.76. The lowest BCUT2D eigenvalue weighted by Crippen LogP contribution is -2.23. The van der Waals surface area contributed by atoms with E-state index in [1.165, 1.54) is 4.68 Å². The molecule has 0 saturated heterocycles. The molecule has 0 unspecified atom stereocenters. The number of H-pyrrole nitrogens is 1. The van der Waals surface area contributed by atoms with Gasteiger partial charge in [0.1, 0.15) is 11.5 Å². The standard InChI is InChI=1S/C20H23N5O2S/c1-20(2,3)11-17(26)22-16-10-14(15-8-5-9-28-15)24-25(16)19-21-13-7-4-6-12(13)18(27)23-19/h5,8-10H,4,6-7,11H2,1-3H3,(H,22,26)(H,21,23,27). The van der Waals surface area contributed by atoms with Gasteiger partial charge in [0.25, 0.3) is 5.56 Å². The monoisotopic (exact) mass is 397 g/mol. The average Bonchev–Trinajstić information content (AvgIpc) is 3.33. The lowest BCUT2D eigenvalue weighted by molar-refractivity contribution is -0.117. The van der Waals surface area contributed by atoms with Crippen molar-refractivity contribution in [2.45, 2.75) is 46.5 Å². The third-order valence-electron chi connectivity index (χ3n) is 4.57. The van der Waals surface area contributed by atoms with E-state index in [0.29, 0.717) is 18.2 Å². The van der Waals surface area contributed by atoms with Crippen LogP contribution in [-0.4, -0.2) is 25.7 Å². The van der Waals surface area contributed by atoms with E-state index in [0.717, 1.165) is 41.1 Å². The van der Waals surface area contributed by atoms with Gasteiger partial charge >= 0.3 is 0 Å². The Morgan fingerprint density at radius 2 is 2.18 bits per heavy atom. The van der Waals surface area contributed by atoms with Gasteiger partial charge in [-0.05, 0) is 36.1 Å². The van der Waals surface area contributed by atoms with Crippen LogP contribution in [0.4, 0.5) is 5.82 Å². The Kier molecular flexibility index (Phi) is 4.66. The van der Waals surface area contributed by atoms with Gasteiger partial charge in [-0.3, -0.25) is 14.6 Å². The van der Waals surface area contributed by atoms with Gasteiger partial charge in [-0.25, -0.2) is 4.98 Å². The molecule has 3 aromatic rings. The number of aromatic amines is 1. The number of nitrogens with zero attached hydrogens (tertiary/aromatic N) is 3. The Labute approximate surface area is 166 Å². The SMILES string of the molecule is CC(C)(C)CC(=O)Nc1cc(-c2cccs2)nn1-c1nc2c(c(=O)[nH]1)CCC2. The molecule has 1 aliphatic carbocycles. The van der Waals surface area contributed by atoms with Gasteiger partial charge in [-0.1, -0.05) is 26.8 Å². The summed E-state index contributed by atoms with van der Waals surface area (Å²) in [6.07, 6.45) is 2.86. The van der Waals surface area contributed by atoms with E-state index in [1.54, 1.807) is 11.3 Å². The summed E-state index contributed by atoms with van der Waals surface area (Å²) in [5.74, 6) is 0.730. The predicted octanol–water partition coefficient (Wildman–Crippen LogP) is 3.55. The van der Waals surface area contributed by atoms with E-state index in [9.17, 15) is 9.59 Å². The molecular formula is C20H23N5O2S. The number of carbonyl (C=O) groups excluding carboxylic acids is 1. The molecule has 3 aromatic heterocycles. The number of nitrogens with one attached hydrogen (secondary N) is 2. The smallest absolute Gasteiger partial charge is 0.255 e. The molecule has 3 heterocycles. The first kappa shape index (κ1) is 18.6. The number of hydrogen-bond acceptors (Lipinski definition) is 5. The molecule has 28 heavy (non-hydrogen) atoms. The Morgan fingerprint density at radius 1 is 1.36 bits per heavy atom.